The molecule has 1 N–H and O–H groups in total. The average molecular weight is 178 g/mol. The van der Waals surface area contributed by atoms with E-state index in [2.05, 4.69) is 5.92 Å². The van der Waals surface area contributed by atoms with Crippen molar-refractivity contribution in [2.45, 2.75) is 19.4 Å². The van der Waals surface area contributed by atoms with Crippen molar-refractivity contribution < 1.29 is 9.50 Å². The quantitative estimate of drug-likeness (QED) is 0.688. The third-order valence-corrected chi connectivity index (χ3v) is 1.76. The van der Waals surface area contributed by atoms with Crippen LogP contribution in [0.3, 0.4) is 0 Å². The van der Waals surface area contributed by atoms with E-state index < -0.39 is 6.10 Å². The fraction of sp³-hybridized carbons (Fsp3) is 0.273. The Labute approximate surface area is 77.2 Å². The first-order chi connectivity index (χ1) is 6.13. The molecule has 1 nitrogen and oxygen atoms in total. The lowest BCUT2D eigenvalue weighted by molar-refractivity contribution is 0.183. The summed E-state index contributed by atoms with van der Waals surface area (Å²) in [6.45, 7) is 1.77. The highest BCUT2D eigenvalue weighted by Crippen LogP contribution is 2.18. The first kappa shape index (κ1) is 9.76. The number of rotatable bonds is 2. The summed E-state index contributed by atoms with van der Waals surface area (Å²) in [5.74, 6) is 1.99. The van der Waals surface area contributed by atoms with Gasteiger partial charge in [0.05, 0.1) is 6.10 Å². The largest absolute Gasteiger partial charge is 0.387 e. The molecule has 0 aliphatic heterocycles. The van der Waals surface area contributed by atoms with Crippen LogP contribution in [0.4, 0.5) is 4.39 Å². The van der Waals surface area contributed by atoms with Gasteiger partial charge in [0.1, 0.15) is 5.82 Å². The van der Waals surface area contributed by atoms with Crippen molar-refractivity contribution in [2.24, 2.45) is 0 Å². The van der Waals surface area contributed by atoms with Crippen LogP contribution in [0.5, 0.6) is 0 Å². The highest BCUT2D eigenvalue weighted by Gasteiger charge is 2.07. The molecule has 0 heterocycles. The minimum atomic E-state index is -0.764. The molecule has 0 aromatic heterocycles. The molecule has 0 saturated carbocycles. The second-order valence-corrected chi connectivity index (χ2v) is 2.99. The van der Waals surface area contributed by atoms with Gasteiger partial charge in [0.15, 0.2) is 0 Å². The molecule has 0 spiro atoms. The number of hydrogen-bond donors (Lipinski definition) is 1. The third-order valence-electron chi connectivity index (χ3n) is 1.76. The van der Waals surface area contributed by atoms with E-state index in [1.54, 1.807) is 13.0 Å². The molecule has 0 bridgehead atoms. The van der Waals surface area contributed by atoms with Crippen molar-refractivity contribution in [3.8, 4) is 12.3 Å². The number of halogens is 1. The van der Waals surface area contributed by atoms with E-state index in [9.17, 15) is 9.50 Å². The van der Waals surface area contributed by atoms with Crippen LogP contribution in [-0.2, 0) is 0 Å². The summed E-state index contributed by atoms with van der Waals surface area (Å²) in [6.07, 6.45) is 4.49. The molecule has 0 aliphatic carbocycles. The van der Waals surface area contributed by atoms with Gasteiger partial charge in [-0.2, -0.15) is 0 Å². The van der Waals surface area contributed by atoms with E-state index in [1.807, 2.05) is 0 Å². The van der Waals surface area contributed by atoms with Gasteiger partial charge >= 0.3 is 0 Å². The van der Waals surface area contributed by atoms with Crippen molar-refractivity contribution in [1.29, 1.82) is 0 Å². The van der Waals surface area contributed by atoms with Crippen LogP contribution in [0.25, 0.3) is 0 Å². The SMILES string of the molecule is C#CCC(O)c1cc(C)cc(F)c1. The summed E-state index contributed by atoms with van der Waals surface area (Å²) >= 11 is 0. The van der Waals surface area contributed by atoms with Gasteiger partial charge in [-0.3, -0.25) is 0 Å². The Morgan fingerprint density at radius 2 is 2.23 bits per heavy atom. The molecule has 0 saturated heterocycles. The van der Waals surface area contributed by atoms with E-state index in [0.29, 0.717) is 5.56 Å². The summed E-state index contributed by atoms with van der Waals surface area (Å²) < 4.78 is 12.9. The van der Waals surface area contributed by atoms with Crippen LogP contribution in [0.15, 0.2) is 18.2 Å². The first-order valence-electron chi connectivity index (χ1n) is 4.02. The van der Waals surface area contributed by atoms with E-state index >= 15 is 0 Å². The molecule has 1 aromatic carbocycles. The smallest absolute Gasteiger partial charge is 0.123 e. The third kappa shape index (κ3) is 2.57. The standard InChI is InChI=1S/C11H11FO/c1-3-4-11(13)9-5-8(2)6-10(12)7-9/h1,5-7,11,13H,4H2,2H3. The minimum absolute atomic E-state index is 0.211. The highest BCUT2D eigenvalue weighted by atomic mass is 19.1. The maximum absolute atomic E-state index is 12.9. The molecule has 1 unspecified atom stereocenters. The van der Waals surface area contributed by atoms with Gasteiger partial charge in [0.2, 0.25) is 0 Å². The lowest BCUT2D eigenvalue weighted by atomic mass is 10.0. The van der Waals surface area contributed by atoms with Crippen molar-refractivity contribution in [2.75, 3.05) is 0 Å². The predicted octanol–water partition coefficient (Wildman–Crippen LogP) is 2.19. The molecule has 13 heavy (non-hydrogen) atoms. The zero-order chi connectivity index (χ0) is 9.84. The summed E-state index contributed by atoms with van der Waals surface area (Å²) in [4.78, 5) is 0. The maximum Gasteiger partial charge on any atom is 0.123 e. The summed E-state index contributed by atoms with van der Waals surface area (Å²) in [6, 6.07) is 4.44. The van der Waals surface area contributed by atoms with Gasteiger partial charge in [-0.25, -0.2) is 4.39 Å². The van der Waals surface area contributed by atoms with Crippen LogP contribution in [0.2, 0.25) is 0 Å². The van der Waals surface area contributed by atoms with Crippen LogP contribution in [-0.4, -0.2) is 5.11 Å². The van der Waals surface area contributed by atoms with Crippen LogP contribution >= 0.6 is 0 Å². The number of aliphatic hydroxyl groups is 1. The molecule has 0 aliphatic rings. The van der Waals surface area contributed by atoms with Crippen LogP contribution in [0.1, 0.15) is 23.7 Å². The Hall–Kier alpha value is -1.33. The summed E-state index contributed by atoms with van der Waals surface area (Å²) in [7, 11) is 0. The van der Waals surface area contributed by atoms with E-state index in [4.69, 9.17) is 6.42 Å². The van der Waals surface area contributed by atoms with Crippen molar-refractivity contribution in [3.63, 3.8) is 0 Å². The topological polar surface area (TPSA) is 20.2 Å². The molecule has 68 valence electrons. The Morgan fingerprint density at radius 1 is 1.54 bits per heavy atom. The van der Waals surface area contributed by atoms with Crippen LogP contribution in [0, 0.1) is 25.1 Å². The fourth-order valence-corrected chi connectivity index (χ4v) is 1.19. The molecule has 1 rings (SSSR count). The van der Waals surface area contributed by atoms with Crippen LogP contribution < -0.4 is 0 Å². The molecule has 2 heteroatoms. The van der Waals surface area contributed by atoms with Gasteiger partial charge in [0.25, 0.3) is 0 Å². The number of terminal acetylenes is 1. The molecular weight excluding hydrogens is 167 g/mol. The van der Waals surface area contributed by atoms with Crippen molar-refractivity contribution >= 4 is 0 Å². The lowest BCUT2D eigenvalue weighted by Gasteiger charge is -2.08. The second kappa shape index (κ2) is 4.06. The van der Waals surface area contributed by atoms with E-state index in [0.717, 1.165) is 5.56 Å². The number of aliphatic hydroxyl groups excluding tert-OH is 1. The van der Waals surface area contributed by atoms with Gasteiger partial charge in [-0.15, -0.1) is 12.3 Å². The molecule has 0 fully saturated rings. The molecule has 0 amide bonds. The summed E-state index contributed by atoms with van der Waals surface area (Å²) in [5.41, 5.74) is 1.32. The molecule has 1 atom stereocenters. The van der Waals surface area contributed by atoms with Gasteiger partial charge in [-0.1, -0.05) is 6.07 Å². The Balaban J connectivity index is 2.95. The molecular formula is C11H11FO. The van der Waals surface area contributed by atoms with Gasteiger partial charge < -0.3 is 5.11 Å². The normalized spacial score (nSPS) is 12.2. The highest BCUT2D eigenvalue weighted by molar-refractivity contribution is 5.25. The first-order valence-corrected chi connectivity index (χ1v) is 4.02. The number of benzene rings is 1. The zero-order valence-electron chi connectivity index (χ0n) is 7.42. The van der Waals surface area contributed by atoms with Gasteiger partial charge in [0, 0.05) is 6.42 Å². The number of aryl methyl sites for hydroxylation is 1. The van der Waals surface area contributed by atoms with Crippen molar-refractivity contribution in [3.05, 3.63) is 35.1 Å². The minimum Gasteiger partial charge on any atom is -0.387 e. The Kier molecular flexibility index (Phi) is 3.05. The average Bonchev–Trinajstić information content (AvgIpc) is 2.03. The van der Waals surface area contributed by atoms with E-state index in [1.165, 1.54) is 12.1 Å². The fourth-order valence-electron chi connectivity index (χ4n) is 1.19. The number of hydrogen-bond acceptors (Lipinski definition) is 1. The Bertz CT molecular complexity index is 318. The maximum atomic E-state index is 12.9. The zero-order valence-corrected chi connectivity index (χ0v) is 7.42. The van der Waals surface area contributed by atoms with E-state index in [-0.39, 0.29) is 12.2 Å². The summed E-state index contributed by atoms with van der Waals surface area (Å²) in [5, 5.41) is 9.46. The predicted molar refractivity (Wildman–Crippen MR) is 49.5 cm³/mol. The van der Waals surface area contributed by atoms with Gasteiger partial charge in [-0.05, 0) is 30.2 Å². The monoisotopic (exact) mass is 178 g/mol. The Morgan fingerprint density at radius 3 is 2.77 bits per heavy atom. The second-order valence-electron chi connectivity index (χ2n) is 2.99. The molecule has 0 radical (unpaired) electrons. The lowest BCUT2D eigenvalue weighted by Crippen LogP contribution is -1.97. The van der Waals surface area contributed by atoms with Crippen molar-refractivity contribution in [1.82, 2.24) is 0 Å². The molecule has 1 aromatic rings.